The van der Waals surface area contributed by atoms with Crippen LogP contribution < -0.4 is 4.74 Å². The summed E-state index contributed by atoms with van der Waals surface area (Å²) >= 11 is 1.59. The fourth-order valence-corrected chi connectivity index (χ4v) is 3.25. The molecule has 0 saturated carbocycles. The first-order valence-electron chi connectivity index (χ1n) is 8.38. The molecule has 0 unspecified atom stereocenters. The van der Waals surface area contributed by atoms with Crippen molar-refractivity contribution >= 4 is 11.8 Å². The molecule has 3 aromatic rings. The van der Waals surface area contributed by atoms with Gasteiger partial charge in [-0.1, -0.05) is 31.7 Å². The maximum Gasteiger partial charge on any atom is 0.191 e. The highest BCUT2D eigenvalue weighted by Gasteiger charge is 2.16. The van der Waals surface area contributed by atoms with E-state index in [-0.39, 0.29) is 5.92 Å². The van der Waals surface area contributed by atoms with Crippen LogP contribution in [0.2, 0.25) is 0 Å². The Morgan fingerprint density at radius 2 is 2.15 bits per heavy atom. The summed E-state index contributed by atoms with van der Waals surface area (Å²) in [4.78, 5) is 0. The standard InChI is InChI=1S/C19H20N4O2S/c1-14(2)18-21-22-19(23(18)13-17-7-4-8-24-17)26-10-9-25-16-6-3-5-15(11-16)12-20/h3-8,11,14H,9-10,13H2,1-2H3. The Hall–Kier alpha value is -2.72. The van der Waals surface area contributed by atoms with Crippen molar-refractivity contribution in [3.63, 3.8) is 0 Å². The Morgan fingerprint density at radius 3 is 2.88 bits per heavy atom. The Bertz CT molecular complexity index is 881. The summed E-state index contributed by atoms with van der Waals surface area (Å²) in [5, 5.41) is 18.4. The van der Waals surface area contributed by atoms with Crippen LogP contribution in [0.1, 0.15) is 36.9 Å². The molecule has 3 rings (SSSR count). The van der Waals surface area contributed by atoms with Gasteiger partial charge >= 0.3 is 0 Å². The van der Waals surface area contributed by atoms with E-state index in [1.165, 1.54) is 0 Å². The van der Waals surface area contributed by atoms with E-state index in [0.29, 0.717) is 24.5 Å². The highest BCUT2D eigenvalue weighted by Crippen LogP contribution is 2.23. The average Bonchev–Trinajstić information content (AvgIpc) is 3.29. The minimum atomic E-state index is 0.275. The lowest BCUT2D eigenvalue weighted by atomic mass is 10.2. The lowest BCUT2D eigenvalue weighted by molar-refractivity contribution is 0.343. The molecular formula is C19H20N4O2S. The number of ether oxygens (including phenoxy) is 1. The quantitative estimate of drug-likeness (QED) is 0.440. The summed E-state index contributed by atoms with van der Waals surface area (Å²) < 4.78 is 13.3. The molecule has 0 fully saturated rings. The summed E-state index contributed by atoms with van der Waals surface area (Å²) in [6, 6.07) is 13.1. The third kappa shape index (κ3) is 4.46. The van der Waals surface area contributed by atoms with Gasteiger partial charge in [0.05, 0.1) is 31.0 Å². The smallest absolute Gasteiger partial charge is 0.191 e. The zero-order chi connectivity index (χ0) is 18.4. The number of hydrogen-bond acceptors (Lipinski definition) is 6. The second-order valence-electron chi connectivity index (χ2n) is 6.00. The first kappa shape index (κ1) is 18.1. The molecule has 0 spiro atoms. The third-order valence-corrected chi connectivity index (χ3v) is 4.63. The maximum atomic E-state index is 8.93. The van der Waals surface area contributed by atoms with E-state index in [9.17, 15) is 0 Å². The van der Waals surface area contributed by atoms with Crippen molar-refractivity contribution in [1.82, 2.24) is 14.8 Å². The molecule has 2 aromatic heterocycles. The van der Waals surface area contributed by atoms with Crippen LogP contribution >= 0.6 is 11.8 Å². The summed E-state index contributed by atoms with van der Waals surface area (Å²) in [6.07, 6.45) is 1.67. The van der Waals surface area contributed by atoms with Crippen LogP contribution in [0.3, 0.4) is 0 Å². The topological polar surface area (TPSA) is 76.9 Å². The van der Waals surface area contributed by atoms with Crippen molar-refractivity contribution < 1.29 is 9.15 Å². The molecular weight excluding hydrogens is 348 g/mol. The first-order valence-corrected chi connectivity index (χ1v) is 9.37. The molecule has 134 valence electrons. The van der Waals surface area contributed by atoms with Crippen molar-refractivity contribution in [1.29, 1.82) is 5.26 Å². The van der Waals surface area contributed by atoms with E-state index in [1.54, 1.807) is 30.2 Å². The van der Waals surface area contributed by atoms with Gasteiger partial charge in [0.25, 0.3) is 0 Å². The fraction of sp³-hybridized carbons (Fsp3) is 0.316. The average molecular weight is 368 g/mol. The van der Waals surface area contributed by atoms with Gasteiger partial charge in [-0.2, -0.15) is 5.26 Å². The third-order valence-electron chi connectivity index (χ3n) is 3.70. The van der Waals surface area contributed by atoms with Gasteiger partial charge in [-0.25, -0.2) is 0 Å². The van der Waals surface area contributed by atoms with Gasteiger partial charge in [-0.05, 0) is 30.3 Å². The molecule has 0 atom stereocenters. The molecule has 0 bridgehead atoms. The van der Waals surface area contributed by atoms with Gasteiger partial charge in [0.15, 0.2) is 5.16 Å². The van der Waals surface area contributed by atoms with Crippen LogP contribution in [0.15, 0.2) is 52.2 Å². The molecule has 0 aliphatic rings. The molecule has 6 nitrogen and oxygen atoms in total. The largest absolute Gasteiger partial charge is 0.493 e. The summed E-state index contributed by atoms with van der Waals surface area (Å²) in [6.45, 7) is 5.33. The molecule has 0 aliphatic heterocycles. The number of nitriles is 1. The minimum Gasteiger partial charge on any atom is -0.493 e. The molecule has 0 amide bonds. The van der Waals surface area contributed by atoms with E-state index in [1.807, 2.05) is 24.3 Å². The highest BCUT2D eigenvalue weighted by atomic mass is 32.2. The monoisotopic (exact) mass is 368 g/mol. The molecule has 1 aromatic carbocycles. The normalized spacial score (nSPS) is 10.8. The predicted octanol–water partition coefficient (Wildman–Crippen LogP) is 4.09. The molecule has 2 heterocycles. The van der Waals surface area contributed by atoms with Gasteiger partial charge in [-0.3, -0.25) is 4.57 Å². The van der Waals surface area contributed by atoms with Crippen LogP contribution in [-0.2, 0) is 6.54 Å². The van der Waals surface area contributed by atoms with Crippen molar-refractivity contribution in [3.8, 4) is 11.8 Å². The van der Waals surface area contributed by atoms with Crippen molar-refractivity contribution in [2.24, 2.45) is 0 Å². The van der Waals surface area contributed by atoms with Gasteiger partial charge in [-0.15, -0.1) is 10.2 Å². The Labute approximate surface area is 156 Å². The van der Waals surface area contributed by atoms with E-state index >= 15 is 0 Å². The first-order chi connectivity index (χ1) is 12.7. The summed E-state index contributed by atoms with van der Waals surface area (Å²) in [5.74, 6) is 3.51. The Balaban J connectivity index is 1.61. The van der Waals surface area contributed by atoms with Crippen LogP contribution in [0, 0.1) is 11.3 Å². The van der Waals surface area contributed by atoms with E-state index in [0.717, 1.165) is 22.5 Å². The number of aromatic nitrogens is 3. The Morgan fingerprint density at radius 1 is 1.27 bits per heavy atom. The van der Waals surface area contributed by atoms with Gasteiger partial charge < -0.3 is 9.15 Å². The van der Waals surface area contributed by atoms with Crippen molar-refractivity contribution in [2.45, 2.75) is 31.5 Å². The number of benzene rings is 1. The van der Waals surface area contributed by atoms with Gasteiger partial charge in [0.2, 0.25) is 0 Å². The zero-order valence-corrected chi connectivity index (χ0v) is 15.6. The lowest BCUT2D eigenvalue weighted by Gasteiger charge is -2.11. The summed E-state index contributed by atoms with van der Waals surface area (Å²) in [7, 11) is 0. The van der Waals surface area contributed by atoms with Crippen molar-refractivity contribution in [2.75, 3.05) is 12.4 Å². The van der Waals surface area contributed by atoms with Crippen LogP contribution in [-0.4, -0.2) is 27.1 Å². The predicted molar refractivity (Wildman–Crippen MR) is 99.3 cm³/mol. The molecule has 0 saturated heterocycles. The number of nitrogens with zero attached hydrogens (tertiary/aromatic N) is 4. The second-order valence-corrected chi connectivity index (χ2v) is 7.06. The minimum absolute atomic E-state index is 0.275. The number of rotatable bonds is 8. The van der Waals surface area contributed by atoms with Crippen LogP contribution in [0.5, 0.6) is 5.75 Å². The SMILES string of the molecule is CC(C)c1nnc(SCCOc2cccc(C#N)c2)n1Cc1ccco1. The molecule has 0 N–H and O–H groups in total. The molecule has 0 radical (unpaired) electrons. The fourth-order valence-electron chi connectivity index (χ4n) is 2.49. The maximum absolute atomic E-state index is 8.93. The van der Waals surface area contributed by atoms with Gasteiger partial charge in [0.1, 0.15) is 17.3 Å². The van der Waals surface area contributed by atoms with Crippen molar-refractivity contribution in [3.05, 3.63) is 59.8 Å². The van der Waals surface area contributed by atoms with Crippen LogP contribution in [0.4, 0.5) is 0 Å². The number of hydrogen-bond donors (Lipinski definition) is 0. The van der Waals surface area contributed by atoms with E-state index in [2.05, 4.69) is 34.7 Å². The molecule has 26 heavy (non-hydrogen) atoms. The van der Waals surface area contributed by atoms with E-state index < -0.39 is 0 Å². The summed E-state index contributed by atoms with van der Waals surface area (Å²) in [5.41, 5.74) is 0.593. The van der Waals surface area contributed by atoms with Crippen LogP contribution in [0.25, 0.3) is 0 Å². The second kappa shape index (κ2) is 8.59. The Kier molecular flexibility index (Phi) is 5.97. The molecule has 0 aliphatic carbocycles. The van der Waals surface area contributed by atoms with E-state index in [4.69, 9.17) is 14.4 Å². The molecule has 7 heteroatoms. The zero-order valence-electron chi connectivity index (χ0n) is 14.8. The number of thioether (sulfide) groups is 1. The highest BCUT2D eigenvalue weighted by molar-refractivity contribution is 7.99. The lowest BCUT2D eigenvalue weighted by Crippen LogP contribution is -2.08. The number of furan rings is 1. The van der Waals surface area contributed by atoms with Gasteiger partial charge in [0, 0.05) is 11.7 Å².